The van der Waals surface area contributed by atoms with Crippen LogP contribution in [-0.4, -0.2) is 41.3 Å². The number of rotatable bonds is 4. The van der Waals surface area contributed by atoms with Crippen LogP contribution in [0, 0.1) is 0 Å². The van der Waals surface area contributed by atoms with Crippen molar-refractivity contribution in [3.8, 4) is 0 Å². The highest BCUT2D eigenvalue weighted by atomic mass is 19.4. The Morgan fingerprint density at radius 3 is 2.55 bits per heavy atom. The van der Waals surface area contributed by atoms with Crippen molar-refractivity contribution in [2.75, 3.05) is 19.6 Å². The maximum atomic E-state index is 13.6. The molecule has 0 unspecified atom stereocenters. The van der Waals surface area contributed by atoms with Gasteiger partial charge in [0.25, 0.3) is 5.91 Å². The van der Waals surface area contributed by atoms with E-state index in [0.717, 1.165) is 11.6 Å². The summed E-state index contributed by atoms with van der Waals surface area (Å²) in [5, 5.41) is 2.47. The Balaban J connectivity index is 1.44. The Hall–Kier alpha value is -2.90. The Morgan fingerprint density at radius 1 is 1.16 bits per heavy atom. The minimum Gasteiger partial charge on any atom is -0.352 e. The molecule has 0 aliphatic carbocycles. The number of pyridine rings is 1. The largest absolute Gasteiger partial charge is 0.417 e. The molecule has 1 N–H and O–H groups in total. The van der Waals surface area contributed by atoms with Crippen molar-refractivity contribution in [1.82, 2.24) is 15.2 Å². The maximum absolute atomic E-state index is 13.6. The van der Waals surface area contributed by atoms with Crippen LogP contribution in [0.3, 0.4) is 0 Å². The summed E-state index contributed by atoms with van der Waals surface area (Å²) >= 11 is 0. The number of carbonyl (C=O) groups excluding carboxylic acids is 2. The first-order valence-electron chi connectivity index (χ1n) is 10.5. The molecule has 8 heteroatoms. The fourth-order valence-electron chi connectivity index (χ4n) is 4.35. The number of hydrogen-bond acceptors (Lipinski definition) is 3. The van der Waals surface area contributed by atoms with Gasteiger partial charge in [0.05, 0.1) is 16.8 Å². The quantitative estimate of drug-likeness (QED) is 0.803. The number of aromatic nitrogens is 1. The summed E-state index contributed by atoms with van der Waals surface area (Å²) in [5.41, 5.74) is 0.432. The summed E-state index contributed by atoms with van der Waals surface area (Å²) in [6.45, 7) is 1.28. The molecule has 1 aromatic heterocycles. The van der Waals surface area contributed by atoms with Crippen molar-refractivity contribution in [1.29, 1.82) is 0 Å². The van der Waals surface area contributed by atoms with Crippen LogP contribution < -0.4 is 5.32 Å². The van der Waals surface area contributed by atoms with Crippen molar-refractivity contribution < 1.29 is 22.8 Å². The molecule has 0 bridgehead atoms. The van der Waals surface area contributed by atoms with Crippen molar-refractivity contribution >= 4 is 11.8 Å². The van der Waals surface area contributed by atoms with Gasteiger partial charge in [-0.3, -0.25) is 14.6 Å². The molecule has 1 saturated heterocycles. The molecule has 0 saturated carbocycles. The van der Waals surface area contributed by atoms with E-state index >= 15 is 0 Å². The molecule has 164 valence electrons. The zero-order chi connectivity index (χ0) is 22.0. The van der Waals surface area contributed by atoms with E-state index in [1.807, 2.05) is 30.3 Å². The molecule has 31 heavy (non-hydrogen) atoms. The van der Waals surface area contributed by atoms with Gasteiger partial charge in [0, 0.05) is 44.1 Å². The van der Waals surface area contributed by atoms with Gasteiger partial charge in [0.15, 0.2) is 0 Å². The van der Waals surface area contributed by atoms with Gasteiger partial charge in [-0.25, -0.2) is 0 Å². The summed E-state index contributed by atoms with van der Waals surface area (Å²) in [6.07, 6.45) is -2.12. The van der Waals surface area contributed by atoms with E-state index < -0.39 is 17.6 Å². The minimum absolute atomic E-state index is 0.0633. The monoisotopic (exact) mass is 431 g/mol. The fourth-order valence-corrected chi connectivity index (χ4v) is 4.35. The number of piperidine rings is 1. The second-order valence-electron chi connectivity index (χ2n) is 8.06. The fraction of sp³-hybridized carbons (Fsp3) is 0.435. The number of amides is 2. The highest BCUT2D eigenvalue weighted by molar-refractivity contribution is 5.98. The summed E-state index contributed by atoms with van der Waals surface area (Å²) < 4.78 is 40.9. The normalized spacial score (nSPS) is 17.3. The summed E-state index contributed by atoms with van der Waals surface area (Å²) in [7, 11) is 0. The number of likely N-dealkylation sites (tertiary alicyclic amines) is 1. The van der Waals surface area contributed by atoms with Crippen molar-refractivity contribution in [2.24, 2.45) is 0 Å². The van der Waals surface area contributed by atoms with Crippen LogP contribution in [0.25, 0.3) is 0 Å². The number of alkyl halides is 3. The van der Waals surface area contributed by atoms with E-state index in [9.17, 15) is 22.8 Å². The first kappa shape index (κ1) is 21.3. The van der Waals surface area contributed by atoms with E-state index in [1.54, 1.807) is 4.90 Å². The van der Waals surface area contributed by atoms with E-state index in [0.29, 0.717) is 44.5 Å². The van der Waals surface area contributed by atoms with Gasteiger partial charge in [-0.05, 0) is 30.9 Å². The number of aryl methyl sites for hydroxylation is 1. The Kier molecular flexibility index (Phi) is 5.98. The second-order valence-corrected chi connectivity index (χ2v) is 8.06. The number of benzene rings is 1. The molecule has 2 amide bonds. The molecule has 0 spiro atoms. The van der Waals surface area contributed by atoms with Gasteiger partial charge in [-0.15, -0.1) is 0 Å². The Morgan fingerprint density at radius 2 is 1.87 bits per heavy atom. The lowest BCUT2D eigenvalue weighted by molar-refractivity contribution is -0.138. The third-order valence-corrected chi connectivity index (χ3v) is 6.03. The average Bonchev–Trinajstić information content (AvgIpc) is 2.77. The first-order chi connectivity index (χ1) is 14.8. The molecule has 0 radical (unpaired) electrons. The highest BCUT2D eigenvalue weighted by Gasteiger charge is 2.39. The highest BCUT2D eigenvalue weighted by Crippen LogP contribution is 2.37. The van der Waals surface area contributed by atoms with Crippen LogP contribution in [0.4, 0.5) is 13.2 Å². The van der Waals surface area contributed by atoms with Gasteiger partial charge in [0.1, 0.15) is 0 Å². The van der Waals surface area contributed by atoms with Crippen LogP contribution in [-0.2, 0) is 23.8 Å². The van der Waals surface area contributed by atoms with Crippen LogP contribution in [0.15, 0.2) is 36.4 Å². The molecule has 1 aromatic carbocycles. The maximum Gasteiger partial charge on any atom is 0.417 e. The van der Waals surface area contributed by atoms with Crippen LogP contribution in [0.1, 0.15) is 58.1 Å². The SMILES string of the molecule is O=C1NCCc2nc(C3CCN(C(=O)CCc4ccccc4)CC3)cc(C(F)(F)F)c21. The number of hydrogen-bond donors (Lipinski definition) is 1. The number of nitrogens with zero attached hydrogens (tertiary/aromatic N) is 2. The number of fused-ring (bicyclic) bond motifs is 1. The molecule has 0 atom stereocenters. The summed E-state index contributed by atoms with van der Waals surface area (Å²) in [5.74, 6) is -0.811. The lowest BCUT2D eigenvalue weighted by Gasteiger charge is -2.32. The lowest BCUT2D eigenvalue weighted by atomic mass is 9.89. The van der Waals surface area contributed by atoms with E-state index in [-0.39, 0.29) is 36.0 Å². The molecule has 3 heterocycles. The van der Waals surface area contributed by atoms with Crippen molar-refractivity contribution in [3.05, 3.63) is 64.5 Å². The molecule has 5 nitrogen and oxygen atoms in total. The predicted molar refractivity (Wildman–Crippen MR) is 109 cm³/mol. The van der Waals surface area contributed by atoms with Crippen LogP contribution in [0.5, 0.6) is 0 Å². The van der Waals surface area contributed by atoms with Crippen LogP contribution in [0.2, 0.25) is 0 Å². The standard InChI is InChI=1S/C23H24F3N3O2/c24-23(25,26)17-14-19(28-18-8-11-27-22(31)21(17)18)16-9-12-29(13-10-16)20(30)7-6-15-4-2-1-3-5-15/h1-5,14,16H,6-13H2,(H,27,31). The van der Waals surface area contributed by atoms with Gasteiger partial charge >= 0.3 is 6.18 Å². The minimum atomic E-state index is -4.62. The van der Waals surface area contributed by atoms with Crippen molar-refractivity contribution in [2.45, 2.75) is 44.2 Å². The van der Waals surface area contributed by atoms with Gasteiger partial charge in [0.2, 0.25) is 5.91 Å². The van der Waals surface area contributed by atoms with Gasteiger partial charge in [-0.2, -0.15) is 13.2 Å². The Bertz CT molecular complexity index is 968. The molecular formula is C23H24F3N3O2. The molecule has 2 aromatic rings. The van der Waals surface area contributed by atoms with Gasteiger partial charge in [-0.1, -0.05) is 30.3 Å². The third kappa shape index (κ3) is 4.73. The smallest absolute Gasteiger partial charge is 0.352 e. The third-order valence-electron chi connectivity index (χ3n) is 6.03. The predicted octanol–water partition coefficient (Wildman–Crippen LogP) is 3.73. The number of halogens is 3. The van der Waals surface area contributed by atoms with Crippen molar-refractivity contribution in [3.63, 3.8) is 0 Å². The zero-order valence-electron chi connectivity index (χ0n) is 17.0. The molecule has 1 fully saturated rings. The molecule has 4 rings (SSSR count). The summed E-state index contributed by atoms with van der Waals surface area (Å²) in [4.78, 5) is 30.8. The topological polar surface area (TPSA) is 62.3 Å². The Labute approximate surface area is 178 Å². The average molecular weight is 431 g/mol. The van der Waals surface area contributed by atoms with E-state index in [1.165, 1.54) is 0 Å². The zero-order valence-corrected chi connectivity index (χ0v) is 17.0. The first-order valence-corrected chi connectivity index (χ1v) is 10.5. The summed E-state index contributed by atoms with van der Waals surface area (Å²) in [6, 6.07) is 10.8. The second kappa shape index (κ2) is 8.69. The van der Waals surface area contributed by atoms with E-state index in [4.69, 9.17) is 0 Å². The molecular weight excluding hydrogens is 407 g/mol. The number of carbonyl (C=O) groups is 2. The number of nitrogens with one attached hydrogen (secondary N) is 1. The van der Waals surface area contributed by atoms with E-state index in [2.05, 4.69) is 10.3 Å². The van der Waals surface area contributed by atoms with Crippen LogP contribution >= 0.6 is 0 Å². The molecule has 2 aliphatic rings. The lowest BCUT2D eigenvalue weighted by Crippen LogP contribution is -2.39. The van der Waals surface area contributed by atoms with Gasteiger partial charge < -0.3 is 10.2 Å². The molecule has 2 aliphatic heterocycles.